The molecule has 41 valence electrons. The number of nitrogens with zero attached hydrogens (tertiary/aromatic N) is 2. The Morgan fingerprint density at radius 3 is 2.75 bits per heavy atom. The molecule has 0 aliphatic heterocycles. The summed E-state index contributed by atoms with van der Waals surface area (Å²) >= 11 is 0. The third-order valence-electron chi connectivity index (χ3n) is 0.648. The summed E-state index contributed by atoms with van der Waals surface area (Å²) in [5, 5.41) is 17.0. The Labute approximate surface area is 46.0 Å². The van der Waals surface area contributed by atoms with Gasteiger partial charge in [0.2, 0.25) is 5.75 Å². The van der Waals surface area contributed by atoms with Gasteiger partial charge in [-0.15, -0.1) is 5.10 Å². The maximum atomic E-state index is 10.3. The van der Waals surface area contributed by atoms with Gasteiger partial charge in [-0.25, -0.2) is 0 Å². The SMILES string of the molecule is Nc1cc([O])cnn1. The Kier molecular flexibility index (Phi) is 0.997. The Bertz CT molecular complexity index is 171. The molecule has 0 fully saturated rings. The van der Waals surface area contributed by atoms with Crippen molar-refractivity contribution < 1.29 is 5.11 Å². The highest BCUT2D eigenvalue weighted by atomic mass is 16.3. The molecule has 0 amide bonds. The minimum absolute atomic E-state index is 0.164. The zero-order valence-electron chi connectivity index (χ0n) is 4.03. The van der Waals surface area contributed by atoms with Crippen molar-refractivity contribution in [2.24, 2.45) is 0 Å². The Hall–Kier alpha value is -1.32. The number of anilines is 1. The number of aromatic nitrogens is 2. The van der Waals surface area contributed by atoms with E-state index in [-0.39, 0.29) is 11.6 Å². The predicted molar refractivity (Wildman–Crippen MR) is 26.6 cm³/mol. The Morgan fingerprint density at radius 1 is 1.62 bits per heavy atom. The highest BCUT2D eigenvalue weighted by Crippen LogP contribution is 2.06. The third-order valence-corrected chi connectivity index (χ3v) is 0.648. The molecule has 4 nitrogen and oxygen atoms in total. The molecule has 1 radical (unpaired) electrons. The molecule has 1 rings (SSSR count). The van der Waals surface area contributed by atoms with Gasteiger partial charge in [-0.2, -0.15) is 5.10 Å². The van der Waals surface area contributed by atoms with Gasteiger partial charge in [0.25, 0.3) is 0 Å². The molecule has 0 aliphatic rings. The second-order valence-electron chi connectivity index (χ2n) is 1.32. The van der Waals surface area contributed by atoms with Gasteiger partial charge >= 0.3 is 0 Å². The maximum Gasteiger partial charge on any atom is 0.202 e. The van der Waals surface area contributed by atoms with E-state index in [0.29, 0.717) is 0 Å². The van der Waals surface area contributed by atoms with Crippen LogP contribution in [0.25, 0.3) is 0 Å². The van der Waals surface area contributed by atoms with E-state index < -0.39 is 0 Å². The first-order valence-electron chi connectivity index (χ1n) is 2.04. The smallest absolute Gasteiger partial charge is 0.202 e. The Morgan fingerprint density at radius 2 is 2.38 bits per heavy atom. The van der Waals surface area contributed by atoms with E-state index in [9.17, 15) is 5.11 Å². The van der Waals surface area contributed by atoms with Crippen molar-refractivity contribution in [3.63, 3.8) is 0 Å². The van der Waals surface area contributed by atoms with E-state index in [4.69, 9.17) is 5.73 Å². The molecule has 0 unspecified atom stereocenters. The zero-order chi connectivity index (χ0) is 5.98. The summed E-state index contributed by atoms with van der Waals surface area (Å²) in [6, 6.07) is 1.22. The molecule has 8 heavy (non-hydrogen) atoms. The van der Waals surface area contributed by atoms with Crippen LogP contribution in [-0.2, 0) is 5.11 Å². The van der Waals surface area contributed by atoms with Crippen LogP contribution in [0, 0.1) is 0 Å². The van der Waals surface area contributed by atoms with E-state index in [1.165, 1.54) is 6.07 Å². The normalized spacial score (nSPS) is 9.00. The lowest BCUT2D eigenvalue weighted by atomic mass is 10.5. The summed E-state index contributed by atoms with van der Waals surface area (Å²) in [5.74, 6) is -0.0463. The fourth-order valence-electron chi connectivity index (χ4n) is 0.364. The average Bonchev–Trinajstić information content (AvgIpc) is 1.64. The second kappa shape index (κ2) is 1.65. The lowest BCUT2D eigenvalue weighted by Crippen LogP contribution is -1.89. The third kappa shape index (κ3) is 0.841. The molecule has 0 aromatic carbocycles. The van der Waals surface area contributed by atoms with Crippen LogP contribution in [-0.4, -0.2) is 10.2 Å². The van der Waals surface area contributed by atoms with Crippen molar-refractivity contribution in [1.82, 2.24) is 10.2 Å². The molecule has 2 N–H and O–H groups in total. The van der Waals surface area contributed by atoms with Crippen LogP contribution in [0.1, 0.15) is 0 Å². The van der Waals surface area contributed by atoms with Crippen LogP contribution in [0.5, 0.6) is 5.75 Å². The van der Waals surface area contributed by atoms with Gasteiger partial charge in [-0.3, -0.25) is 5.11 Å². The molecular formula is C4H4N3O. The molecule has 4 heteroatoms. The number of hydrogen-bond donors (Lipinski definition) is 1. The van der Waals surface area contributed by atoms with Gasteiger partial charge in [0.15, 0.2) is 0 Å². The lowest BCUT2D eigenvalue weighted by Gasteiger charge is -1.85. The van der Waals surface area contributed by atoms with E-state index in [2.05, 4.69) is 10.2 Å². The van der Waals surface area contributed by atoms with E-state index in [1.54, 1.807) is 0 Å². The highest BCUT2D eigenvalue weighted by Gasteiger charge is 1.89. The predicted octanol–water partition coefficient (Wildman–Crippen LogP) is 0.203. The molecule has 0 atom stereocenters. The molecule has 0 bridgehead atoms. The van der Waals surface area contributed by atoms with Crippen molar-refractivity contribution in [2.45, 2.75) is 0 Å². The van der Waals surface area contributed by atoms with E-state index in [0.717, 1.165) is 6.20 Å². The van der Waals surface area contributed by atoms with Crippen LogP contribution in [0.4, 0.5) is 5.82 Å². The first-order valence-corrected chi connectivity index (χ1v) is 2.04. The van der Waals surface area contributed by atoms with Gasteiger partial charge in [0.05, 0.1) is 6.20 Å². The molecular weight excluding hydrogens is 106 g/mol. The molecule has 0 spiro atoms. The average molecular weight is 110 g/mol. The molecule has 1 heterocycles. The number of hydrogen-bond acceptors (Lipinski definition) is 3. The van der Waals surface area contributed by atoms with Crippen LogP contribution >= 0.6 is 0 Å². The summed E-state index contributed by atoms with van der Waals surface area (Å²) in [6.07, 6.45) is 1.11. The summed E-state index contributed by atoms with van der Waals surface area (Å²) in [4.78, 5) is 0. The van der Waals surface area contributed by atoms with Crippen molar-refractivity contribution in [1.29, 1.82) is 0 Å². The number of rotatable bonds is 0. The molecule has 1 aromatic heterocycles. The van der Waals surface area contributed by atoms with Crippen molar-refractivity contribution in [3.05, 3.63) is 12.3 Å². The molecule has 0 saturated heterocycles. The van der Waals surface area contributed by atoms with E-state index >= 15 is 0 Å². The lowest BCUT2D eigenvalue weighted by molar-refractivity contribution is 0.352. The number of nitrogens with two attached hydrogens (primary N) is 1. The zero-order valence-corrected chi connectivity index (χ0v) is 4.03. The molecule has 0 aliphatic carbocycles. The van der Waals surface area contributed by atoms with Crippen molar-refractivity contribution in [2.75, 3.05) is 5.73 Å². The van der Waals surface area contributed by atoms with Crippen LogP contribution in [0.15, 0.2) is 12.3 Å². The van der Waals surface area contributed by atoms with Gasteiger partial charge in [-0.1, -0.05) is 0 Å². The minimum atomic E-state index is -0.211. The standard InChI is InChI=1S/C4H4N3O/c5-4-1-3(8)2-6-7-4/h1-2H,(H2,5,7). The topological polar surface area (TPSA) is 71.7 Å². The monoisotopic (exact) mass is 110 g/mol. The molecule has 0 saturated carbocycles. The van der Waals surface area contributed by atoms with E-state index in [1.807, 2.05) is 0 Å². The first-order chi connectivity index (χ1) is 3.79. The highest BCUT2D eigenvalue weighted by molar-refractivity contribution is 5.31. The quantitative estimate of drug-likeness (QED) is 0.518. The summed E-state index contributed by atoms with van der Waals surface area (Å²) in [7, 11) is 0. The van der Waals surface area contributed by atoms with Crippen molar-refractivity contribution >= 4 is 5.82 Å². The number of nitrogen functional groups attached to an aromatic ring is 1. The fourth-order valence-corrected chi connectivity index (χ4v) is 0.364. The first kappa shape index (κ1) is 4.83. The molecule has 1 aromatic rings. The van der Waals surface area contributed by atoms with Crippen LogP contribution in [0.2, 0.25) is 0 Å². The maximum absolute atomic E-state index is 10.3. The summed E-state index contributed by atoms with van der Waals surface area (Å²) in [5.41, 5.74) is 5.08. The largest absolute Gasteiger partial charge is 0.382 e. The Balaban J connectivity index is 3.08. The second-order valence-corrected chi connectivity index (χ2v) is 1.32. The fraction of sp³-hybridized carbons (Fsp3) is 0. The van der Waals surface area contributed by atoms with Gasteiger partial charge < -0.3 is 5.73 Å². The van der Waals surface area contributed by atoms with Crippen LogP contribution in [0.3, 0.4) is 0 Å². The van der Waals surface area contributed by atoms with Gasteiger partial charge in [-0.05, 0) is 0 Å². The summed E-state index contributed by atoms with van der Waals surface area (Å²) < 4.78 is 0. The van der Waals surface area contributed by atoms with Gasteiger partial charge in [0, 0.05) is 6.07 Å². The van der Waals surface area contributed by atoms with Crippen molar-refractivity contribution in [3.8, 4) is 5.75 Å². The van der Waals surface area contributed by atoms with Gasteiger partial charge in [0.1, 0.15) is 5.82 Å². The van der Waals surface area contributed by atoms with Crippen LogP contribution < -0.4 is 5.73 Å². The summed E-state index contributed by atoms with van der Waals surface area (Å²) in [6.45, 7) is 0. The minimum Gasteiger partial charge on any atom is -0.382 e.